The molecule has 2 atom stereocenters. The van der Waals surface area contributed by atoms with Gasteiger partial charge in [-0.05, 0) is 31.4 Å². The SMILES string of the molecule is O=Cc1c(Cl)cccc1OC1CCCCC1O. The van der Waals surface area contributed by atoms with Crippen molar-refractivity contribution in [3.8, 4) is 5.75 Å². The van der Waals surface area contributed by atoms with E-state index in [-0.39, 0.29) is 6.10 Å². The van der Waals surface area contributed by atoms with Crippen molar-refractivity contribution in [3.05, 3.63) is 28.8 Å². The maximum atomic E-state index is 10.9. The first-order valence-corrected chi connectivity index (χ1v) is 6.18. The van der Waals surface area contributed by atoms with E-state index in [1.54, 1.807) is 18.2 Å². The lowest BCUT2D eigenvalue weighted by molar-refractivity contribution is 0.00658. The number of aliphatic hydroxyl groups excluding tert-OH is 1. The molecule has 1 aliphatic rings. The number of ether oxygens (including phenoxy) is 1. The number of carbonyl (C=O) groups excluding carboxylic acids is 1. The molecule has 4 heteroatoms. The Balaban J connectivity index is 2.17. The highest BCUT2D eigenvalue weighted by Gasteiger charge is 2.25. The van der Waals surface area contributed by atoms with Gasteiger partial charge in [0.25, 0.3) is 0 Å². The molecule has 3 nitrogen and oxygen atoms in total. The molecule has 0 aromatic heterocycles. The van der Waals surface area contributed by atoms with Crippen LogP contribution in [-0.2, 0) is 0 Å². The van der Waals surface area contributed by atoms with Crippen LogP contribution in [0.3, 0.4) is 0 Å². The molecule has 1 aromatic rings. The first-order valence-electron chi connectivity index (χ1n) is 5.81. The minimum Gasteiger partial charge on any atom is -0.487 e. The van der Waals surface area contributed by atoms with Gasteiger partial charge in [-0.1, -0.05) is 24.1 Å². The van der Waals surface area contributed by atoms with Crippen LogP contribution in [0.2, 0.25) is 5.02 Å². The predicted molar refractivity (Wildman–Crippen MR) is 65.7 cm³/mol. The summed E-state index contributed by atoms with van der Waals surface area (Å²) in [5.74, 6) is 0.457. The average Bonchev–Trinajstić information content (AvgIpc) is 2.32. The van der Waals surface area contributed by atoms with Crippen molar-refractivity contribution in [1.82, 2.24) is 0 Å². The van der Waals surface area contributed by atoms with Crippen LogP contribution in [-0.4, -0.2) is 23.6 Å². The summed E-state index contributed by atoms with van der Waals surface area (Å²) in [4.78, 5) is 10.9. The molecule has 1 N–H and O–H groups in total. The number of hydrogen-bond acceptors (Lipinski definition) is 3. The van der Waals surface area contributed by atoms with E-state index in [4.69, 9.17) is 16.3 Å². The van der Waals surface area contributed by atoms with E-state index in [1.807, 2.05) is 0 Å². The zero-order valence-electron chi connectivity index (χ0n) is 9.43. The van der Waals surface area contributed by atoms with E-state index in [9.17, 15) is 9.90 Å². The van der Waals surface area contributed by atoms with Gasteiger partial charge in [-0.25, -0.2) is 0 Å². The monoisotopic (exact) mass is 254 g/mol. The first-order chi connectivity index (χ1) is 8.22. The molecule has 0 radical (unpaired) electrons. The second-order valence-corrected chi connectivity index (χ2v) is 4.68. The molecular weight excluding hydrogens is 240 g/mol. The summed E-state index contributed by atoms with van der Waals surface area (Å²) in [7, 11) is 0. The smallest absolute Gasteiger partial charge is 0.155 e. The Labute approximate surface area is 105 Å². The lowest BCUT2D eigenvalue weighted by Gasteiger charge is -2.28. The summed E-state index contributed by atoms with van der Waals surface area (Å²) in [6, 6.07) is 5.09. The van der Waals surface area contributed by atoms with Gasteiger partial charge in [0.15, 0.2) is 6.29 Å². The summed E-state index contributed by atoms with van der Waals surface area (Å²) in [5, 5.41) is 10.2. The van der Waals surface area contributed by atoms with Crippen molar-refractivity contribution in [2.45, 2.75) is 37.9 Å². The van der Waals surface area contributed by atoms with Gasteiger partial charge < -0.3 is 9.84 Å². The number of hydrogen-bond donors (Lipinski definition) is 1. The fourth-order valence-electron chi connectivity index (χ4n) is 2.11. The zero-order valence-corrected chi connectivity index (χ0v) is 10.2. The van der Waals surface area contributed by atoms with Crippen molar-refractivity contribution >= 4 is 17.9 Å². The van der Waals surface area contributed by atoms with Gasteiger partial charge in [0, 0.05) is 0 Å². The van der Waals surface area contributed by atoms with E-state index >= 15 is 0 Å². The molecule has 0 saturated heterocycles. The van der Waals surface area contributed by atoms with Crippen LogP contribution in [0.4, 0.5) is 0 Å². The fourth-order valence-corrected chi connectivity index (χ4v) is 2.32. The van der Waals surface area contributed by atoms with Gasteiger partial charge in [-0.15, -0.1) is 0 Å². The Bertz CT molecular complexity index is 406. The maximum Gasteiger partial charge on any atom is 0.155 e. The second kappa shape index (κ2) is 5.52. The molecule has 2 unspecified atom stereocenters. The minimum atomic E-state index is -0.456. The Morgan fingerprint density at radius 1 is 1.35 bits per heavy atom. The first kappa shape index (κ1) is 12.4. The molecule has 1 fully saturated rings. The third kappa shape index (κ3) is 2.79. The topological polar surface area (TPSA) is 46.5 Å². The predicted octanol–water partition coefficient (Wildman–Crippen LogP) is 2.83. The van der Waals surface area contributed by atoms with Crippen LogP contribution in [0.15, 0.2) is 18.2 Å². The van der Waals surface area contributed by atoms with Crippen LogP contribution in [0.5, 0.6) is 5.75 Å². The van der Waals surface area contributed by atoms with Crippen LogP contribution in [0.1, 0.15) is 36.0 Å². The van der Waals surface area contributed by atoms with Crippen LogP contribution in [0.25, 0.3) is 0 Å². The highest BCUT2D eigenvalue weighted by atomic mass is 35.5. The number of aliphatic hydroxyl groups is 1. The molecule has 2 rings (SSSR count). The Morgan fingerprint density at radius 3 is 2.82 bits per heavy atom. The molecule has 0 bridgehead atoms. The minimum absolute atomic E-state index is 0.235. The van der Waals surface area contributed by atoms with Gasteiger partial charge in [0.05, 0.1) is 16.7 Å². The van der Waals surface area contributed by atoms with Crippen LogP contribution in [0, 0.1) is 0 Å². The highest BCUT2D eigenvalue weighted by molar-refractivity contribution is 6.33. The summed E-state index contributed by atoms with van der Waals surface area (Å²) in [6.07, 6.45) is 3.62. The molecule has 1 aliphatic carbocycles. The molecule has 0 amide bonds. The van der Waals surface area contributed by atoms with Crippen molar-refractivity contribution in [1.29, 1.82) is 0 Å². The molecule has 1 saturated carbocycles. The van der Waals surface area contributed by atoms with Crippen molar-refractivity contribution in [2.75, 3.05) is 0 Å². The van der Waals surface area contributed by atoms with Crippen LogP contribution >= 0.6 is 11.6 Å². The van der Waals surface area contributed by atoms with Gasteiger partial charge >= 0.3 is 0 Å². The number of carbonyl (C=O) groups is 1. The van der Waals surface area contributed by atoms with E-state index in [1.165, 1.54) is 0 Å². The summed E-state index contributed by atoms with van der Waals surface area (Å²) in [5.41, 5.74) is 0.354. The highest BCUT2D eigenvalue weighted by Crippen LogP contribution is 2.29. The van der Waals surface area contributed by atoms with Crippen LogP contribution < -0.4 is 4.74 Å². The van der Waals surface area contributed by atoms with E-state index in [2.05, 4.69) is 0 Å². The normalized spacial score (nSPS) is 24.4. The molecule has 0 spiro atoms. The summed E-state index contributed by atoms with van der Waals surface area (Å²) >= 11 is 5.91. The Morgan fingerprint density at radius 2 is 2.12 bits per heavy atom. The molecule has 92 valence electrons. The Kier molecular flexibility index (Phi) is 4.02. The van der Waals surface area contributed by atoms with Gasteiger partial charge in [0.1, 0.15) is 11.9 Å². The number of benzene rings is 1. The lowest BCUT2D eigenvalue weighted by atomic mass is 9.95. The lowest BCUT2D eigenvalue weighted by Crippen LogP contribution is -2.34. The van der Waals surface area contributed by atoms with E-state index in [0.29, 0.717) is 22.6 Å². The number of rotatable bonds is 3. The molecule has 0 heterocycles. The molecule has 1 aromatic carbocycles. The average molecular weight is 255 g/mol. The standard InChI is InChI=1S/C13H15ClO3/c14-10-4-3-7-12(9(10)8-15)17-13-6-2-1-5-11(13)16/h3-4,7-8,11,13,16H,1-2,5-6H2. The largest absolute Gasteiger partial charge is 0.487 e. The third-order valence-corrected chi connectivity index (χ3v) is 3.41. The number of aldehydes is 1. The quantitative estimate of drug-likeness (QED) is 0.844. The van der Waals surface area contributed by atoms with E-state index in [0.717, 1.165) is 25.7 Å². The molecule has 0 aliphatic heterocycles. The van der Waals surface area contributed by atoms with Gasteiger partial charge in [-0.3, -0.25) is 4.79 Å². The summed E-state index contributed by atoms with van der Waals surface area (Å²) < 4.78 is 5.70. The third-order valence-electron chi connectivity index (χ3n) is 3.08. The molecular formula is C13H15ClO3. The zero-order chi connectivity index (χ0) is 12.3. The van der Waals surface area contributed by atoms with Gasteiger partial charge in [0.2, 0.25) is 0 Å². The summed E-state index contributed by atoms with van der Waals surface area (Å²) in [6.45, 7) is 0. The van der Waals surface area contributed by atoms with Gasteiger partial charge in [-0.2, -0.15) is 0 Å². The second-order valence-electron chi connectivity index (χ2n) is 4.28. The fraction of sp³-hybridized carbons (Fsp3) is 0.462. The van der Waals surface area contributed by atoms with Crippen molar-refractivity contribution < 1.29 is 14.6 Å². The Hall–Kier alpha value is -1.06. The van der Waals surface area contributed by atoms with Crippen molar-refractivity contribution in [3.63, 3.8) is 0 Å². The van der Waals surface area contributed by atoms with E-state index < -0.39 is 6.10 Å². The maximum absolute atomic E-state index is 10.9. The molecule has 17 heavy (non-hydrogen) atoms. The number of halogens is 1. The van der Waals surface area contributed by atoms with Crippen molar-refractivity contribution in [2.24, 2.45) is 0 Å².